The largest absolute Gasteiger partial charge is 0.355 e. The van der Waals surface area contributed by atoms with Crippen molar-refractivity contribution < 1.29 is 4.79 Å². The van der Waals surface area contributed by atoms with Gasteiger partial charge in [-0.15, -0.1) is 6.58 Å². The molecular weight excluding hydrogens is 208 g/mol. The lowest BCUT2D eigenvalue weighted by molar-refractivity contribution is -0.122. The van der Waals surface area contributed by atoms with Crippen molar-refractivity contribution in [2.45, 2.75) is 26.3 Å². The number of carbonyl (C=O) groups excluding carboxylic acids is 1. The van der Waals surface area contributed by atoms with Crippen molar-refractivity contribution in [1.82, 2.24) is 10.6 Å². The minimum Gasteiger partial charge on any atom is -0.355 e. The van der Waals surface area contributed by atoms with Crippen molar-refractivity contribution in [3.8, 4) is 0 Å². The molecule has 15 heavy (non-hydrogen) atoms. The third-order valence-corrected chi connectivity index (χ3v) is 2.84. The van der Waals surface area contributed by atoms with E-state index in [1.807, 2.05) is 31.7 Å². The van der Waals surface area contributed by atoms with Crippen molar-refractivity contribution in [3.63, 3.8) is 0 Å². The van der Waals surface area contributed by atoms with Crippen LogP contribution < -0.4 is 10.6 Å². The Balaban J connectivity index is 3.42. The first-order chi connectivity index (χ1) is 7.22. The van der Waals surface area contributed by atoms with Crippen molar-refractivity contribution >= 4 is 17.7 Å². The van der Waals surface area contributed by atoms with Crippen LogP contribution in [0.5, 0.6) is 0 Å². The van der Waals surface area contributed by atoms with Gasteiger partial charge in [-0.25, -0.2) is 0 Å². The Morgan fingerprint density at radius 2 is 2.27 bits per heavy atom. The number of amides is 1. The summed E-state index contributed by atoms with van der Waals surface area (Å²) in [4.78, 5) is 11.4. The van der Waals surface area contributed by atoms with Crippen LogP contribution in [-0.4, -0.2) is 36.5 Å². The summed E-state index contributed by atoms with van der Waals surface area (Å²) >= 11 is 1.81. The lowest BCUT2D eigenvalue weighted by atomic mass is 10.3. The minimum atomic E-state index is -0.0964. The Kier molecular flexibility index (Phi) is 9.73. The molecule has 0 radical (unpaired) electrons. The number of carbonyl (C=O) groups is 1. The Morgan fingerprint density at radius 1 is 1.53 bits per heavy atom. The predicted molar refractivity (Wildman–Crippen MR) is 68.3 cm³/mol. The van der Waals surface area contributed by atoms with Gasteiger partial charge >= 0.3 is 0 Å². The van der Waals surface area contributed by atoms with Crippen LogP contribution in [-0.2, 0) is 4.79 Å². The zero-order valence-electron chi connectivity index (χ0n) is 9.71. The topological polar surface area (TPSA) is 41.1 Å². The fourth-order valence-electron chi connectivity index (χ4n) is 1.01. The van der Waals surface area contributed by atoms with Crippen LogP contribution in [0.4, 0.5) is 0 Å². The third-order valence-electron chi connectivity index (χ3n) is 1.88. The van der Waals surface area contributed by atoms with E-state index in [1.54, 1.807) is 0 Å². The molecule has 4 heteroatoms. The lowest BCUT2D eigenvalue weighted by Gasteiger charge is -2.13. The monoisotopic (exact) mass is 230 g/mol. The summed E-state index contributed by atoms with van der Waals surface area (Å²) in [5, 5.41) is 6.04. The number of nitrogens with one attached hydrogen (secondary N) is 2. The molecule has 88 valence electrons. The molecule has 0 aliphatic carbocycles. The van der Waals surface area contributed by atoms with E-state index in [4.69, 9.17) is 0 Å². The average Bonchev–Trinajstić information content (AvgIpc) is 2.25. The van der Waals surface area contributed by atoms with Gasteiger partial charge in [-0.2, -0.15) is 11.8 Å². The van der Waals surface area contributed by atoms with E-state index in [0.29, 0.717) is 0 Å². The molecule has 3 nitrogen and oxygen atoms in total. The van der Waals surface area contributed by atoms with Crippen LogP contribution >= 0.6 is 11.8 Å². The van der Waals surface area contributed by atoms with E-state index in [9.17, 15) is 4.79 Å². The van der Waals surface area contributed by atoms with Gasteiger partial charge in [0.15, 0.2) is 0 Å². The van der Waals surface area contributed by atoms with E-state index in [-0.39, 0.29) is 11.9 Å². The normalized spacial score (nSPS) is 12.1. The molecule has 0 saturated heterocycles. The Hall–Kier alpha value is -0.480. The summed E-state index contributed by atoms with van der Waals surface area (Å²) in [5.41, 5.74) is 0. The van der Waals surface area contributed by atoms with Gasteiger partial charge in [0.1, 0.15) is 0 Å². The third kappa shape index (κ3) is 8.51. The van der Waals surface area contributed by atoms with Gasteiger partial charge in [0, 0.05) is 24.6 Å². The Morgan fingerprint density at radius 3 is 2.87 bits per heavy atom. The fraction of sp³-hybridized carbons (Fsp3) is 0.727. The molecule has 0 fully saturated rings. The highest BCUT2D eigenvalue weighted by Gasteiger charge is 2.09. The predicted octanol–water partition coefficient (Wildman–Crippen LogP) is 1.41. The van der Waals surface area contributed by atoms with E-state index < -0.39 is 0 Å². The molecular formula is C11H22N2OS. The van der Waals surface area contributed by atoms with Crippen molar-refractivity contribution in [2.24, 2.45) is 0 Å². The summed E-state index contributed by atoms with van der Waals surface area (Å²) in [6.07, 6.45) is 2.87. The van der Waals surface area contributed by atoms with E-state index in [0.717, 1.165) is 31.0 Å². The van der Waals surface area contributed by atoms with E-state index in [1.165, 1.54) is 0 Å². The second-order valence-corrected chi connectivity index (χ2v) is 4.48. The molecule has 0 heterocycles. The summed E-state index contributed by atoms with van der Waals surface area (Å²) in [7, 11) is 0. The summed E-state index contributed by atoms with van der Waals surface area (Å²) in [6.45, 7) is 9.21. The second-order valence-electron chi connectivity index (χ2n) is 3.33. The van der Waals surface area contributed by atoms with Gasteiger partial charge in [-0.3, -0.25) is 4.79 Å². The van der Waals surface area contributed by atoms with Crippen LogP contribution in [0.25, 0.3) is 0 Å². The van der Waals surface area contributed by atoms with Gasteiger partial charge in [-0.05, 0) is 13.3 Å². The highest BCUT2D eigenvalue weighted by Crippen LogP contribution is 1.97. The first kappa shape index (κ1) is 14.5. The molecule has 0 spiro atoms. The number of thioether (sulfide) groups is 1. The second kappa shape index (κ2) is 10.1. The molecule has 0 aliphatic heterocycles. The maximum absolute atomic E-state index is 11.4. The van der Waals surface area contributed by atoms with Gasteiger partial charge in [0.05, 0.1) is 6.04 Å². The Bertz CT molecular complexity index is 185. The molecule has 0 rings (SSSR count). The molecule has 0 saturated carbocycles. The SMILES string of the molecule is C=CCSCCNC(C)C(=O)NCCC. The van der Waals surface area contributed by atoms with Crippen LogP contribution in [0.3, 0.4) is 0 Å². The zero-order valence-corrected chi connectivity index (χ0v) is 10.5. The summed E-state index contributed by atoms with van der Waals surface area (Å²) < 4.78 is 0. The van der Waals surface area contributed by atoms with Crippen molar-refractivity contribution in [2.75, 3.05) is 24.6 Å². The molecule has 0 aromatic heterocycles. The molecule has 0 aromatic carbocycles. The fourth-order valence-corrected chi connectivity index (χ4v) is 1.60. The smallest absolute Gasteiger partial charge is 0.236 e. The van der Waals surface area contributed by atoms with Crippen LogP contribution in [0, 0.1) is 0 Å². The maximum atomic E-state index is 11.4. The van der Waals surface area contributed by atoms with Crippen LogP contribution in [0.2, 0.25) is 0 Å². The highest BCUT2D eigenvalue weighted by atomic mass is 32.2. The lowest BCUT2D eigenvalue weighted by Crippen LogP contribution is -2.43. The minimum absolute atomic E-state index is 0.0885. The average molecular weight is 230 g/mol. The molecule has 2 N–H and O–H groups in total. The van der Waals surface area contributed by atoms with Crippen molar-refractivity contribution in [3.05, 3.63) is 12.7 Å². The first-order valence-corrected chi connectivity index (χ1v) is 6.57. The van der Waals surface area contributed by atoms with E-state index >= 15 is 0 Å². The molecule has 1 unspecified atom stereocenters. The van der Waals surface area contributed by atoms with Gasteiger partial charge in [-0.1, -0.05) is 13.0 Å². The standard InChI is InChI=1S/C11H22N2OS/c1-4-6-13-11(14)10(3)12-7-9-15-8-5-2/h5,10,12H,2,4,6-9H2,1,3H3,(H,13,14). The van der Waals surface area contributed by atoms with Crippen LogP contribution in [0.1, 0.15) is 20.3 Å². The van der Waals surface area contributed by atoms with E-state index in [2.05, 4.69) is 17.2 Å². The molecule has 0 aromatic rings. The van der Waals surface area contributed by atoms with Gasteiger partial charge in [0.25, 0.3) is 0 Å². The van der Waals surface area contributed by atoms with Gasteiger partial charge < -0.3 is 10.6 Å². The van der Waals surface area contributed by atoms with Crippen LogP contribution in [0.15, 0.2) is 12.7 Å². The zero-order chi connectivity index (χ0) is 11.5. The molecule has 1 atom stereocenters. The first-order valence-electron chi connectivity index (χ1n) is 5.42. The molecule has 0 bridgehead atoms. The Labute approximate surface area is 97.1 Å². The van der Waals surface area contributed by atoms with Gasteiger partial charge in [0.2, 0.25) is 5.91 Å². The highest BCUT2D eigenvalue weighted by molar-refractivity contribution is 7.99. The molecule has 1 amide bonds. The number of hydrogen-bond acceptors (Lipinski definition) is 3. The molecule has 0 aliphatic rings. The van der Waals surface area contributed by atoms with Crippen molar-refractivity contribution in [1.29, 1.82) is 0 Å². The quantitative estimate of drug-likeness (QED) is 0.465. The maximum Gasteiger partial charge on any atom is 0.236 e. The summed E-state index contributed by atoms with van der Waals surface area (Å²) in [5.74, 6) is 2.07. The number of hydrogen-bond donors (Lipinski definition) is 2. The summed E-state index contributed by atoms with van der Waals surface area (Å²) in [6, 6.07) is -0.0964. The number of rotatable bonds is 9.